The van der Waals surface area contributed by atoms with Gasteiger partial charge >= 0.3 is 0 Å². The van der Waals surface area contributed by atoms with E-state index in [1.165, 1.54) is 22.4 Å². The summed E-state index contributed by atoms with van der Waals surface area (Å²) in [5, 5.41) is 10.7. The standard InChI is InChI=1S/C25H34N2O2/c1-2-25(29)27-12-8-19(9-13-27)17-24(28)18-20-6-7-21-10-14-26(23-4-3-5-23)15-11-22(21)16-20/h3-7,16,19,24,28H,2,8-15,17-18H2,1H3. The molecule has 1 atom stereocenters. The topological polar surface area (TPSA) is 43.8 Å². The predicted octanol–water partition coefficient (Wildman–Crippen LogP) is 3.48. The number of rotatable bonds is 6. The quantitative estimate of drug-likeness (QED) is 0.803. The van der Waals surface area contributed by atoms with Crippen molar-refractivity contribution < 1.29 is 9.90 Å². The van der Waals surface area contributed by atoms with E-state index in [0.29, 0.717) is 12.3 Å². The third-order valence-electron chi connectivity index (χ3n) is 6.82. The second-order valence-electron chi connectivity index (χ2n) is 8.81. The Morgan fingerprint density at radius 1 is 1.14 bits per heavy atom. The van der Waals surface area contributed by atoms with Crippen molar-refractivity contribution in [3.05, 3.63) is 58.8 Å². The average molecular weight is 395 g/mol. The highest BCUT2D eigenvalue weighted by molar-refractivity contribution is 5.75. The number of allylic oxidation sites excluding steroid dienone is 3. The number of aliphatic hydroxyl groups is 1. The number of nitrogens with zero attached hydrogens (tertiary/aromatic N) is 2. The van der Waals surface area contributed by atoms with Crippen molar-refractivity contribution in [1.82, 2.24) is 9.80 Å². The molecule has 4 heteroatoms. The highest BCUT2D eigenvalue weighted by Gasteiger charge is 2.24. The van der Waals surface area contributed by atoms with E-state index in [9.17, 15) is 9.90 Å². The van der Waals surface area contributed by atoms with Crippen LogP contribution in [0.2, 0.25) is 0 Å². The first kappa shape index (κ1) is 20.2. The maximum atomic E-state index is 11.8. The predicted molar refractivity (Wildman–Crippen MR) is 117 cm³/mol. The Labute approximate surface area is 174 Å². The molecule has 2 heterocycles. The lowest BCUT2D eigenvalue weighted by Gasteiger charge is -2.32. The average Bonchev–Trinajstić information content (AvgIpc) is 2.89. The van der Waals surface area contributed by atoms with Gasteiger partial charge in [0.05, 0.1) is 6.10 Å². The molecule has 2 aliphatic heterocycles. The van der Waals surface area contributed by atoms with E-state index in [-0.39, 0.29) is 12.0 Å². The van der Waals surface area contributed by atoms with Crippen molar-refractivity contribution >= 4 is 5.91 Å². The summed E-state index contributed by atoms with van der Waals surface area (Å²) in [6.45, 7) is 5.79. The van der Waals surface area contributed by atoms with Crippen molar-refractivity contribution in [1.29, 1.82) is 0 Å². The molecular weight excluding hydrogens is 360 g/mol. The van der Waals surface area contributed by atoms with E-state index < -0.39 is 0 Å². The number of piperidine rings is 1. The number of aliphatic hydroxyl groups excluding tert-OH is 1. The number of carbonyl (C=O) groups is 1. The number of benzene rings is 1. The summed E-state index contributed by atoms with van der Waals surface area (Å²) in [6, 6.07) is 6.82. The number of likely N-dealkylation sites (tertiary alicyclic amines) is 1. The summed E-state index contributed by atoms with van der Waals surface area (Å²) in [7, 11) is 0. The highest BCUT2D eigenvalue weighted by Crippen LogP contribution is 2.26. The van der Waals surface area contributed by atoms with E-state index in [2.05, 4.69) is 41.3 Å². The van der Waals surface area contributed by atoms with Crippen molar-refractivity contribution in [3.63, 3.8) is 0 Å². The molecule has 1 aromatic carbocycles. The van der Waals surface area contributed by atoms with Gasteiger partial charge in [0, 0.05) is 38.3 Å². The molecule has 1 saturated heterocycles. The molecule has 1 N–H and O–H groups in total. The molecule has 0 aromatic heterocycles. The van der Waals surface area contributed by atoms with Crippen LogP contribution in [0, 0.1) is 5.92 Å². The van der Waals surface area contributed by atoms with Crippen LogP contribution in [-0.4, -0.2) is 53.1 Å². The van der Waals surface area contributed by atoms with Crippen LogP contribution < -0.4 is 0 Å². The molecule has 4 nitrogen and oxygen atoms in total. The first-order valence-electron chi connectivity index (χ1n) is 11.3. The zero-order chi connectivity index (χ0) is 20.2. The molecule has 3 aliphatic rings. The van der Waals surface area contributed by atoms with Gasteiger partial charge in [-0.2, -0.15) is 0 Å². The molecule has 0 spiro atoms. The molecule has 1 unspecified atom stereocenters. The van der Waals surface area contributed by atoms with E-state index in [0.717, 1.165) is 64.7 Å². The first-order chi connectivity index (χ1) is 14.1. The smallest absolute Gasteiger partial charge is 0.222 e. The van der Waals surface area contributed by atoms with Crippen LogP contribution in [0.1, 0.15) is 49.3 Å². The fraction of sp³-hybridized carbons (Fsp3) is 0.560. The van der Waals surface area contributed by atoms with Crippen LogP contribution in [0.3, 0.4) is 0 Å². The Kier molecular flexibility index (Phi) is 6.39. The molecule has 156 valence electrons. The van der Waals surface area contributed by atoms with Crippen LogP contribution in [0.4, 0.5) is 0 Å². The molecule has 1 aromatic rings. The largest absolute Gasteiger partial charge is 0.393 e. The lowest BCUT2D eigenvalue weighted by molar-refractivity contribution is -0.132. The molecule has 0 radical (unpaired) electrons. The van der Waals surface area contributed by atoms with Gasteiger partial charge in [-0.05, 0) is 73.3 Å². The van der Waals surface area contributed by atoms with Crippen LogP contribution >= 0.6 is 0 Å². The van der Waals surface area contributed by atoms with Gasteiger partial charge in [-0.1, -0.05) is 31.2 Å². The molecule has 1 fully saturated rings. The molecule has 0 bridgehead atoms. The fourth-order valence-electron chi connectivity index (χ4n) is 4.94. The summed E-state index contributed by atoms with van der Waals surface area (Å²) in [5.41, 5.74) is 5.53. The minimum Gasteiger partial charge on any atom is -0.393 e. The van der Waals surface area contributed by atoms with Crippen LogP contribution in [-0.2, 0) is 24.1 Å². The molecule has 4 rings (SSSR count). The highest BCUT2D eigenvalue weighted by atomic mass is 16.3. The third kappa shape index (κ3) is 4.92. The Balaban J connectivity index is 1.28. The summed E-state index contributed by atoms with van der Waals surface area (Å²) in [5.74, 6) is 0.793. The number of hydrogen-bond donors (Lipinski definition) is 1. The minimum absolute atomic E-state index is 0.261. The van der Waals surface area contributed by atoms with Crippen LogP contribution in [0.15, 0.2) is 42.1 Å². The second kappa shape index (κ2) is 9.17. The van der Waals surface area contributed by atoms with E-state index in [1.54, 1.807) is 0 Å². The monoisotopic (exact) mass is 394 g/mol. The Morgan fingerprint density at radius 3 is 2.52 bits per heavy atom. The van der Waals surface area contributed by atoms with Crippen molar-refractivity contribution in [2.24, 2.45) is 5.92 Å². The van der Waals surface area contributed by atoms with Gasteiger partial charge in [0.2, 0.25) is 5.91 Å². The molecule has 1 aliphatic carbocycles. The number of amides is 1. The Morgan fingerprint density at radius 2 is 1.86 bits per heavy atom. The zero-order valence-electron chi connectivity index (χ0n) is 17.6. The Bertz CT molecular complexity index is 790. The lowest BCUT2D eigenvalue weighted by atomic mass is 9.88. The summed E-state index contributed by atoms with van der Waals surface area (Å²) < 4.78 is 0. The van der Waals surface area contributed by atoms with Crippen molar-refractivity contribution in [2.45, 2.75) is 58.0 Å². The molecule has 29 heavy (non-hydrogen) atoms. The van der Waals surface area contributed by atoms with Gasteiger partial charge in [0.15, 0.2) is 0 Å². The first-order valence-corrected chi connectivity index (χ1v) is 11.3. The third-order valence-corrected chi connectivity index (χ3v) is 6.82. The van der Waals surface area contributed by atoms with E-state index in [4.69, 9.17) is 0 Å². The van der Waals surface area contributed by atoms with Gasteiger partial charge < -0.3 is 14.9 Å². The van der Waals surface area contributed by atoms with Gasteiger partial charge in [-0.25, -0.2) is 0 Å². The van der Waals surface area contributed by atoms with E-state index in [1.807, 2.05) is 11.8 Å². The molecule has 1 amide bonds. The zero-order valence-corrected chi connectivity index (χ0v) is 17.6. The van der Waals surface area contributed by atoms with Crippen LogP contribution in [0.5, 0.6) is 0 Å². The van der Waals surface area contributed by atoms with Gasteiger partial charge in [-0.15, -0.1) is 0 Å². The summed E-state index contributed by atoms with van der Waals surface area (Å²) >= 11 is 0. The normalized spacial score (nSPS) is 20.6. The summed E-state index contributed by atoms with van der Waals surface area (Å²) in [4.78, 5) is 16.3. The minimum atomic E-state index is -0.293. The van der Waals surface area contributed by atoms with E-state index >= 15 is 0 Å². The fourth-order valence-corrected chi connectivity index (χ4v) is 4.94. The lowest BCUT2D eigenvalue weighted by Crippen LogP contribution is -2.38. The van der Waals surface area contributed by atoms with Gasteiger partial charge in [0.25, 0.3) is 0 Å². The number of carbonyl (C=O) groups excluding carboxylic acids is 1. The SMILES string of the molecule is CCC(=O)N1CCC(CC(O)Cc2ccc3c(c2)CCN(C2=CC=C2)CC3)CC1. The van der Waals surface area contributed by atoms with Crippen LogP contribution in [0.25, 0.3) is 0 Å². The molecule has 0 saturated carbocycles. The van der Waals surface area contributed by atoms with Crippen molar-refractivity contribution in [2.75, 3.05) is 26.2 Å². The maximum Gasteiger partial charge on any atom is 0.222 e. The summed E-state index contributed by atoms with van der Waals surface area (Å²) in [6.07, 6.45) is 12.6. The number of fused-ring (bicyclic) bond motifs is 1. The van der Waals surface area contributed by atoms with Gasteiger partial charge in [0.1, 0.15) is 0 Å². The van der Waals surface area contributed by atoms with Gasteiger partial charge in [-0.3, -0.25) is 4.79 Å². The number of hydrogen-bond acceptors (Lipinski definition) is 3. The molecular formula is C25H34N2O2. The maximum absolute atomic E-state index is 11.8. The Hall–Kier alpha value is -2.07. The van der Waals surface area contributed by atoms with Crippen molar-refractivity contribution in [3.8, 4) is 0 Å². The second-order valence-corrected chi connectivity index (χ2v) is 8.81.